The van der Waals surface area contributed by atoms with Crippen molar-refractivity contribution >= 4 is 40.9 Å². The van der Waals surface area contributed by atoms with E-state index in [1.807, 2.05) is 6.26 Å². The lowest BCUT2D eigenvalue weighted by molar-refractivity contribution is -0.118. The fourth-order valence-electron chi connectivity index (χ4n) is 2.82. The Labute approximate surface area is 187 Å². The van der Waals surface area contributed by atoms with E-state index in [-0.39, 0.29) is 11.3 Å². The first-order chi connectivity index (χ1) is 14.9. The molecule has 8 nitrogen and oxygen atoms in total. The van der Waals surface area contributed by atoms with Gasteiger partial charge in [0.25, 0.3) is 5.91 Å². The molecule has 3 aromatic rings. The standard InChI is InChI=1S/C20H20ClFN6O2S/c1-12-25-26-27-28(12)18-11-13(7-8-16(18)22)23-20(30)17(9-10-31-2)24-19(29)14-5-3-4-6-15(14)21/h3-8,11,17H,9-10H2,1-2H3,(H,23,30)(H,24,29). The van der Waals surface area contributed by atoms with Crippen LogP contribution in [0.1, 0.15) is 22.6 Å². The lowest BCUT2D eigenvalue weighted by atomic mass is 10.1. The topological polar surface area (TPSA) is 102 Å². The zero-order chi connectivity index (χ0) is 22.4. The van der Waals surface area contributed by atoms with E-state index in [4.69, 9.17) is 11.6 Å². The minimum Gasteiger partial charge on any atom is -0.340 e. The Morgan fingerprint density at radius 1 is 1.26 bits per heavy atom. The summed E-state index contributed by atoms with van der Waals surface area (Å²) in [5.41, 5.74) is 0.725. The van der Waals surface area contributed by atoms with Gasteiger partial charge in [-0.2, -0.15) is 16.4 Å². The summed E-state index contributed by atoms with van der Waals surface area (Å²) in [6, 6.07) is 9.87. The number of benzene rings is 2. The highest BCUT2D eigenvalue weighted by Crippen LogP contribution is 2.20. The number of halogens is 2. The van der Waals surface area contributed by atoms with Crippen LogP contribution in [0, 0.1) is 12.7 Å². The zero-order valence-corrected chi connectivity index (χ0v) is 18.4. The largest absolute Gasteiger partial charge is 0.340 e. The number of nitrogens with one attached hydrogen (secondary N) is 2. The van der Waals surface area contributed by atoms with Crippen LogP contribution < -0.4 is 10.6 Å². The van der Waals surface area contributed by atoms with Crippen molar-refractivity contribution in [3.05, 3.63) is 64.7 Å². The number of amides is 2. The summed E-state index contributed by atoms with van der Waals surface area (Å²) >= 11 is 7.64. The van der Waals surface area contributed by atoms with Crippen LogP contribution in [-0.2, 0) is 4.79 Å². The molecule has 11 heteroatoms. The van der Waals surface area contributed by atoms with Crippen molar-refractivity contribution in [3.8, 4) is 5.69 Å². The number of tetrazole rings is 1. The van der Waals surface area contributed by atoms with Crippen molar-refractivity contribution < 1.29 is 14.0 Å². The average Bonchev–Trinajstić information content (AvgIpc) is 3.18. The zero-order valence-electron chi connectivity index (χ0n) is 16.8. The first kappa shape index (κ1) is 22.7. The Morgan fingerprint density at radius 2 is 2.03 bits per heavy atom. The SMILES string of the molecule is CSCCC(NC(=O)c1ccccc1Cl)C(=O)Nc1ccc(F)c(-n2nnnc2C)c1. The van der Waals surface area contributed by atoms with Gasteiger partial charge < -0.3 is 10.6 Å². The van der Waals surface area contributed by atoms with E-state index < -0.39 is 23.7 Å². The Kier molecular flexibility index (Phi) is 7.59. The number of thioether (sulfide) groups is 1. The molecule has 31 heavy (non-hydrogen) atoms. The number of carbonyl (C=O) groups is 2. The molecule has 0 aliphatic carbocycles. The molecule has 0 saturated heterocycles. The molecule has 2 N–H and O–H groups in total. The molecule has 0 spiro atoms. The predicted octanol–water partition coefficient (Wildman–Crippen LogP) is 3.25. The van der Waals surface area contributed by atoms with Gasteiger partial charge in [-0.15, -0.1) is 5.10 Å². The molecular weight excluding hydrogens is 443 g/mol. The second-order valence-electron chi connectivity index (χ2n) is 6.58. The summed E-state index contributed by atoms with van der Waals surface area (Å²) in [6.45, 7) is 1.63. The smallest absolute Gasteiger partial charge is 0.253 e. The van der Waals surface area contributed by atoms with Crippen molar-refractivity contribution in [1.29, 1.82) is 0 Å². The summed E-state index contributed by atoms with van der Waals surface area (Å²) in [7, 11) is 0. The van der Waals surface area contributed by atoms with Crippen LogP contribution in [0.5, 0.6) is 0 Å². The maximum atomic E-state index is 14.3. The third-order valence-corrected chi connectivity index (χ3v) is 5.39. The highest BCUT2D eigenvalue weighted by Gasteiger charge is 2.23. The monoisotopic (exact) mass is 462 g/mol. The van der Waals surface area contributed by atoms with Crippen molar-refractivity contribution in [2.24, 2.45) is 0 Å². The van der Waals surface area contributed by atoms with Crippen LogP contribution in [0.15, 0.2) is 42.5 Å². The van der Waals surface area contributed by atoms with Gasteiger partial charge in [-0.05, 0) is 66.1 Å². The summed E-state index contributed by atoms with van der Waals surface area (Å²) in [5.74, 6) is -0.373. The van der Waals surface area contributed by atoms with Crippen molar-refractivity contribution in [1.82, 2.24) is 25.5 Å². The fourth-order valence-corrected chi connectivity index (χ4v) is 3.52. The van der Waals surface area contributed by atoms with E-state index in [0.717, 1.165) is 0 Å². The van der Waals surface area contributed by atoms with Gasteiger partial charge in [0.2, 0.25) is 5.91 Å². The quantitative estimate of drug-likeness (QED) is 0.532. The first-order valence-electron chi connectivity index (χ1n) is 9.30. The Balaban J connectivity index is 1.79. The van der Waals surface area contributed by atoms with E-state index in [1.165, 1.54) is 22.9 Å². The molecule has 2 aromatic carbocycles. The third-order valence-electron chi connectivity index (χ3n) is 4.42. The third kappa shape index (κ3) is 5.59. The highest BCUT2D eigenvalue weighted by atomic mass is 35.5. The van der Waals surface area contributed by atoms with E-state index in [0.29, 0.717) is 28.7 Å². The average molecular weight is 463 g/mol. The molecule has 0 fully saturated rings. The molecule has 0 radical (unpaired) electrons. The number of rotatable bonds is 8. The molecule has 3 rings (SSSR count). The number of anilines is 1. The molecule has 0 saturated carbocycles. The molecule has 162 valence electrons. The maximum absolute atomic E-state index is 14.3. The lowest BCUT2D eigenvalue weighted by Crippen LogP contribution is -2.44. The molecule has 1 atom stereocenters. The van der Waals surface area contributed by atoms with Crippen LogP contribution in [0.3, 0.4) is 0 Å². The number of carbonyl (C=O) groups excluding carboxylic acids is 2. The Hall–Kier alpha value is -2.98. The minimum absolute atomic E-state index is 0.0982. The molecule has 1 aromatic heterocycles. The van der Waals surface area contributed by atoms with Gasteiger partial charge in [0, 0.05) is 5.69 Å². The van der Waals surface area contributed by atoms with E-state index >= 15 is 0 Å². The van der Waals surface area contributed by atoms with E-state index in [2.05, 4.69) is 26.2 Å². The van der Waals surface area contributed by atoms with Gasteiger partial charge in [0.15, 0.2) is 5.82 Å². The number of hydrogen-bond acceptors (Lipinski definition) is 6. The Morgan fingerprint density at radius 3 is 2.71 bits per heavy atom. The predicted molar refractivity (Wildman–Crippen MR) is 118 cm³/mol. The second kappa shape index (κ2) is 10.4. The second-order valence-corrected chi connectivity index (χ2v) is 7.97. The van der Waals surface area contributed by atoms with Crippen LogP contribution in [0.4, 0.5) is 10.1 Å². The van der Waals surface area contributed by atoms with Crippen LogP contribution in [0.25, 0.3) is 5.69 Å². The molecule has 0 bridgehead atoms. The van der Waals surface area contributed by atoms with Crippen LogP contribution in [-0.4, -0.2) is 50.1 Å². The van der Waals surface area contributed by atoms with E-state index in [1.54, 1.807) is 43.0 Å². The van der Waals surface area contributed by atoms with Crippen molar-refractivity contribution in [2.45, 2.75) is 19.4 Å². The van der Waals surface area contributed by atoms with Crippen molar-refractivity contribution in [2.75, 3.05) is 17.3 Å². The fraction of sp³-hybridized carbons (Fsp3) is 0.250. The summed E-state index contributed by atoms with van der Waals surface area (Å²) < 4.78 is 15.5. The van der Waals surface area contributed by atoms with Gasteiger partial charge in [-0.25, -0.2) is 4.39 Å². The normalized spacial score (nSPS) is 11.7. The minimum atomic E-state index is -0.806. The Bertz CT molecular complexity index is 1090. The maximum Gasteiger partial charge on any atom is 0.253 e. The van der Waals surface area contributed by atoms with Crippen molar-refractivity contribution in [3.63, 3.8) is 0 Å². The molecule has 1 unspecified atom stereocenters. The first-order valence-corrected chi connectivity index (χ1v) is 11.1. The van der Waals surface area contributed by atoms with E-state index in [9.17, 15) is 14.0 Å². The summed E-state index contributed by atoms with van der Waals surface area (Å²) in [5, 5.41) is 16.8. The van der Waals surface area contributed by atoms with Crippen LogP contribution in [0.2, 0.25) is 5.02 Å². The van der Waals surface area contributed by atoms with Crippen LogP contribution >= 0.6 is 23.4 Å². The molecule has 1 heterocycles. The molecule has 0 aliphatic rings. The van der Waals surface area contributed by atoms with Gasteiger partial charge in [-0.3, -0.25) is 9.59 Å². The number of hydrogen-bond donors (Lipinski definition) is 2. The van der Waals surface area contributed by atoms with Gasteiger partial charge in [0.05, 0.1) is 10.6 Å². The lowest BCUT2D eigenvalue weighted by Gasteiger charge is -2.19. The molecular formula is C20H20ClFN6O2S. The van der Waals surface area contributed by atoms with Gasteiger partial charge >= 0.3 is 0 Å². The van der Waals surface area contributed by atoms with Gasteiger partial charge in [0.1, 0.15) is 17.5 Å². The highest BCUT2D eigenvalue weighted by molar-refractivity contribution is 7.98. The number of aryl methyl sites for hydroxylation is 1. The number of aromatic nitrogens is 4. The molecule has 0 aliphatic heterocycles. The summed E-state index contributed by atoms with van der Waals surface area (Å²) in [4.78, 5) is 25.5. The molecule has 2 amide bonds. The summed E-state index contributed by atoms with van der Waals surface area (Å²) in [6.07, 6.45) is 2.31. The number of nitrogens with zero attached hydrogens (tertiary/aromatic N) is 4. The van der Waals surface area contributed by atoms with Gasteiger partial charge in [-0.1, -0.05) is 23.7 Å².